The van der Waals surface area contributed by atoms with E-state index in [0.29, 0.717) is 16.5 Å². The Labute approximate surface area is 105 Å². The Kier molecular flexibility index (Phi) is 3.27. The Bertz CT molecular complexity index is 587. The van der Waals surface area contributed by atoms with Gasteiger partial charge in [0, 0.05) is 0 Å². The van der Waals surface area contributed by atoms with Gasteiger partial charge in [-0.1, -0.05) is 23.7 Å². The van der Waals surface area contributed by atoms with Crippen LogP contribution in [0.25, 0.3) is 0 Å². The molecule has 2 aromatic rings. The van der Waals surface area contributed by atoms with Crippen LogP contribution < -0.4 is 5.32 Å². The van der Waals surface area contributed by atoms with Gasteiger partial charge in [-0.25, -0.2) is 4.98 Å². The number of nitrogens with one attached hydrogen (secondary N) is 1. The lowest BCUT2D eigenvalue weighted by atomic mass is 10.2. The summed E-state index contributed by atoms with van der Waals surface area (Å²) in [7, 11) is 0. The molecular weight excluding hydrogens is 234 g/mol. The van der Waals surface area contributed by atoms with Crippen molar-refractivity contribution in [3.63, 3.8) is 0 Å². The third-order valence-electron chi connectivity index (χ3n) is 2.25. The number of halogens is 1. The van der Waals surface area contributed by atoms with E-state index in [-0.39, 0.29) is 0 Å². The van der Waals surface area contributed by atoms with Crippen LogP contribution in [0.15, 0.2) is 36.4 Å². The van der Waals surface area contributed by atoms with E-state index in [9.17, 15) is 0 Å². The van der Waals surface area contributed by atoms with Gasteiger partial charge in [0.1, 0.15) is 17.6 Å². The smallest absolute Gasteiger partial charge is 0.142 e. The van der Waals surface area contributed by atoms with Gasteiger partial charge in [-0.2, -0.15) is 5.26 Å². The predicted octanol–water partition coefficient (Wildman–Crippen LogP) is 3.66. The molecule has 0 atom stereocenters. The fraction of sp³-hybridized carbons (Fsp3) is 0.0769. The molecule has 0 aliphatic heterocycles. The maximum Gasteiger partial charge on any atom is 0.142 e. The molecule has 4 heteroatoms. The monoisotopic (exact) mass is 243 g/mol. The highest BCUT2D eigenvalue weighted by molar-refractivity contribution is 6.33. The molecule has 0 saturated carbocycles. The molecule has 2 rings (SSSR count). The van der Waals surface area contributed by atoms with Crippen LogP contribution in [0, 0.1) is 18.3 Å². The molecule has 0 unspecified atom stereocenters. The molecule has 84 valence electrons. The van der Waals surface area contributed by atoms with E-state index in [1.807, 2.05) is 31.2 Å². The summed E-state index contributed by atoms with van der Waals surface area (Å²) in [5.41, 5.74) is 2.25. The van der Waals surface area contributed by atoms with E-state index in [0.717, 1.165) is 11.3 Å². The second-order valence-electron chi connectivity index (χ2n) is 3.63. The second kappa shape index (κ2) is 4.86. The zero-order chi connectivity index (χ0) is 12.3. The number of pyridine rings is 1. The number of hydrogen-bond acceptors (Lipinski definition) is 3. The number of rotatable bonds is 2. The SMILES string of the molecule is Cc1ccc(Nc2cccc(C#N)n2)c(Cl)c1. The Morgan fingerprint density at radius 2 is 2.12 bits per heavy atom. The van der Waals surface area contributed by atoms with Crippen LogP contribution in [-0.2, 0) is 0 Å². The minimum absolute atomic E-state index is 0.373. The molecule has 0 radical (unpaired) electrons. The maximum atomic E-state index is 8.75. The van der Waals surface area contributed by atoms with Gasteiger partial charge in [0.2, 0.25) is 0 Å². The number of benzene rings is 1. The van der Waals surface area contributed by atoms with Crippen molar-refractivity contribution in [1.82, 2.24) is 4.98 Å². The van der Waals surface area contributed by atoms with Gasteiger partial charge in [0.05, 0.1) is 10.7 Å². The highest BCUT2D eigenvalue weighted by Gasteiger charge is 2.02. The molecule has 0 fully saturated rings. The molecule has 0 bridgehead atoms. The minimum Gasteiger partial charge on any atom is -0.339 e. The minimum atomic E-state index is 0.373. The van der Waals surface area contributed by atoms with E-state index in [1.54, 1.807) is 18.2 Å². The number of aromatic nitrogens is 1. The van der Waals surface area contributed by atoms with E-state index >= 15 is 0 Å². The average molecular weight is 244 g/mol. The molecular formula is C13H10ClN3. The lowest BCUT2D eigenvalue weighted by Crippen LogP contribution is -1.95. The van der Waals surface area contributed by atoms with E-state index < -0.39 is 0 Å². The summed E-state index contributed by atoms with van der Waals surface area (Å²) >= 11 is 6.10. The van der Waals surface area contributed by atoms with Gasteiger partial charge in [-0.15, -0.1) is 0 Å². The van der Waals surface area contributed by atoms with Crippen molar-refractivity contribution in [2.24, 2.45) is 0 Å². The van der Waals surface area contributed by atoms with Crippen molar-refractivity contribution in [2.75, 3.05) is 5.32 Å². The van der Waals surface area contributed by atoms with Crippen molar-refractivity contribution < 1.29 is 0 Å². The summed E-state index contributed by atoms with van der Waals surface area (Å²) in [6, 6.07) is 12.9. The summed E-state index contributed by atoms with van der Waals surface area (Å²) in [5, 5.41) is 12.5. The Balaban J connectivity index is 2.28. The first-order chi connectivity index (χ1) is 8.19. The first-order valence-electron chi connectivity index (χ1n) is 5.09. The van der Waals surface area contributed by atoms with Gasteiger partial charge in [0.25, 0.3) is 0 Å². The van der Waals surface area contributed by atoms with Gasteiger partial charge < -0.3 is 5.32 Å². The van der Waals surface area contributed by atoms with Crippen LogP contribution in [0.4, 0.5) is 11.5 Å². The molecule has 1 N–H and O–H groups in total. The summed E-state index contributed by atoms with van der Waals surface area (Å²) in [6.45, 7) is 1.98. The summed E-state index contributed by atoms with van der Waals surface area (Å²) < 4.78 is 0. The van der Waals surface area contributed by atoms with Gasteiger partial charge in [-0.05, 0) is 36.8 Å². The van der Waals surface area contributed by atoms with Crippen molar-refractivity contribution in [3.05, 3.63) is 52.7 Å². The van der Waals surface area contributed by atoms with Crippen molar-refractivity contribution in [1.29, 1.82) is 5.26 Å². The zero-order valence-electron chi connectivity index (χ0n) is 9.24. The first-order valence-corrected chi connectivity index (χ1v) is 5.47. The van der Waals surface area contributed by atoms with Crippen LogP contribution in [0.5, 0.6) is 0 Å². The van der Waals surface area contributed by atoms with Crippen LogP contribution in [0.3, 0.4) is 0 Å². The van der Waals surface area contributed by atoms with Crippen molar-refractivity contribution in [2.45, 2.75) is 6.92 Å². The van der Waals surface area contributed by atoms with E-state index in [1.165, 1.54) is 0 Å². The number of nitrogens with zero attached hydrogens (tertiary/aromatic N) is 2. The van der Waals surface area contributed by atoms with Crippen LogP contribution in [-0.4, -0.2) is 4.98 Å². The van der Waals surface area contributed by atoms with Crippen molar-refractivity contribution in [3.8, 4) is 6.07 Å². The molecule has 0 aliphatic carbocycles. The summed E-state index contributed by atoms with van der Waals surface area (Å²) in [5.74, 6) is 0.606. The topological polar surface area (TPSA) is 48.7 Å². The third-order valence-corrected chi connectivity index (χ3v) is 2.56. The maximum absolute atomic E-state index is 8.75. The molecule has 17 heavy (non-hydrogen) atoms. The van der Waals surface area contributed by atoms with Crippen LogP contribution in [0.1, 0.15) is 11.3 Å². The fourth-order valence-electron chi connectivity index (χ4n) is 1.43. The van der Waals surface area contributed by atoms with Gasteiger partial charge in [-0.3, -0.25) is 0 Å². The number of hydrogen-bond donors (Lipinski definition) is 1. The fourth-order valence-corrected chi connectivity index (χ4v) is 1.71. The number of nitriles is 1. The van der Waals surface area contributed by atoms with Crippen LogP contribution in [0.2, 0.25) is 5.02 Å². The van der Waals surface area contributed by atoms with E-state index in [2.05, 4.69) is 10.3 Å². The lowest BCUT2D eigenvalue weighted by molar-refractivity contribution is 1.25. The Hall–Kier alpha value is -2.05. The molecule has 1 heterocycles. The largest absolute Gasteiger partial charge is 0.339 e. The number of anilines is 2. The first kappa shape index (κ1) is 11.4. The van der Waals surface area contributed by atoms with Gasteiger partial charge >= 0.3 is 0 Å². The normalized spacial score (nSPS) is 9.71. The molecule has 0 spiro atoms. The number of aryl methyl sites for hydroxylation is 1. The lowest BCUT2D eigenvalue weighted by Gasteiger charge is -2.08. The third kappa shape index (κ3) is 2.74. The molecule has 3 nitrogen and oxygen atoms in total. The molecule has 0 amide bonds. The molecule has 1 aromatic heterocycles. The molecule has 1 aromatic carbocycles. The van der Waals surface area contributed by atoms with Crippen molar-refractivity contribution >= 4 is 23.1 Å². The quantitative estimate of drug-likeness (QED) is 0.876. The highest BCUT2D eigenvalue weighted by Crippen LogP contribution is 2.25. The standard InChI is InChI=1S/C13H10ClN3/c1-9-5-6-12(11(14)7-9)17-13-4-2-3-10(8-15)16-13/h2-7H,1H3,(H,16,17). The highest BCUT2D eigenvalue weighted by atomic mass is 35.5. The Morgan fingerprint density at radius 1 is 1.29 bits per heavy atom. The second-order valence-corrected chi connectivity index (χ2v) is 4.04. The molecule has 0 saturated heterocycles. The molecule has 0 aliphatic rings. The van der Waals surface area contributed by atoms with E-state index in [4.69, 9.17) is 16.9 Å². The predicted molar refractivity (Wildman–Crippen MR) is 68.4 cm³/mol. The van der Waals surface area contributed by atoms with Gasteiger partial charge in [0.15, 0.2) is 0 Å². The summed E-state index contributed by atoms with van der Waals surface area (Å²) in [4.78, 5) is 4.12. The van der Waals surface area contributed by atoms with Crippen LogP contribution >= 0.6 is 11.6 Å². The average Bonchev–Trinajstić information content (AvgIpc) is 2.33. The summed E-state index contributed by atoms with van der Waals surface area (Å²) in [6.07, 6.45) is 0. The Morgan fingerprint density at radius 3 is 2.82 bits per heavy atom. The zero-order valence-corrected chi connectivity index (χ0v) is 9.99.